The van der Waals surface area contributed by atoms with Gasteiger partial charge in [0.15, 0.2) is 0 Å². The van der Waals surface area contributed by atoms with Crippen molar-refractivity contribution in [2.45, 2.75) is 13.2 Å². The van der Waals surface area contributed by atoms with E-state index in [-0.39, 0.29) is 18.1 Å². The summed E-state index contributed by atoms with van der Waals surface area (Å²) >= 11 is 3.15. The summed E-state index contributed by atoms with van der Waals surface area (Å²) in [5.74, 6) is -0.280. The second kappa shape index (κ2) is 8.11. The third kappa shape index (κ3) is 4.20. The molecule has 8 heteroatoms. The van der Waals surface area contributed by atoms with Crippen LogP contribution in [0, 0.1) is 15.9 Å². The van der Waals surface area contributed by atoms with Crippen molar-refractivity contribution in [2.24, 2.45) is 0 Å². The standard InChI is InChI=1S/C18H19BrFN3O3/c19-15-3-1-13(9-16(15)20)11-21-5-7-22(8-6-21)18-10-14(12-24)2-4-17(18)23(25)26/h1-4,9-10,24H,5-8,11-12H2. The van der Waals surface area contributed by atoms with Crippen molar-refractivity contribution < 1.29 is 14.4 Å². The molecule has 1 aliphatic rings. The van der Waals surface area contributed by atoms with Gasteiger partial charge in [-0.05, 0) is 51.3 Å². The Hall–Kier alpha value is -2.03. The van der Waals surface area contributed by atoms with Crippen LogP contribution in [0.5, 0.6) is 0 Å². The Bertz CT molecular complexity index is 810. The molecule has 2 aromatic carbocycles. The molecule has 0 unspecified atom stereocenters. The Morgan fingerprint density at radius 3 is 2.42 bits per heavy atom. The molecular formula is C18H19BrFN3O3. The normalized spacial score (nSPS) is 15.3. The van der Waals surface area contributed by atoms with Crippen LogP contribution in [0.1, 0.15) is 11.1 Å². The van der Waals surface area contributed by atoms with Gasteiger partial charge in [-0.2, -0.15) is 0 Å². The Balaban J connectivity index is 1.68. The average molecular weight is 424 g/mol. The van der Waals surface area contributed by atoms with Crippen molar-refractivity contribution in [1.29, 1.82) is 0 Å². The van der Waals surface area contributed by atoms with Crippen LogP contribution in [0.3, 0.4) is 0 Å². The summed E-state index contributed by atoms with van der Waals surface area (Å²) in [5, 5.41) is 20.6. The highest BCUT2D eigenvalue weighted by molar-refractivity contribution is 9.10. The maximum absolute atomic E-state index is 13.7. The molecule has 0 atom stereocenters. The van der Waals surface area contributed by atoms with Gasteiger partial charge in [-0.15, -0.1) is 0 Å². The molecule has 2 aromatic rings. The lowest BCUT2D eigenvalue weighted by molar-refractivity contribution is -0.384. The van der Waals surface area contributed by atoms with E-state index in [2.05, 4.69) is 20.8 Å². The van der Waals surface area contributed by atoms with Gasteiger partial charge in [0.1, 0.15) is 11.5 Å². The molecule has 1 saturated heterocycles. The maximum atomic E-state index is 13.7. The Morgan fingerprint density at radius 1 is 1.12 bits per heavy atom. The summed E-state index contributed by atoms with van der Waals surface area (Å²) in [6, 6.07) is 9.79. The first-order valence-corrected chi connectivity index (χ1v) is 9.06. The summed E-state index contributed by atoms with van der Waals surface area (Å²) < 4.78 is 14.1. The first-order valence-electron chi connectivity index (χ1n) is 8.27. The van der Waals surface area contributed by atoms with Crippen LogP contribution in [-0.2, 0) is 13.2 Å². The van der Waals surface area contributed by atoms with Crippen LogP contribution in [-0.4, -0.2) is 41.1 Å². The van der Waals surface area contributed by atoms with Crippen LogP contribution < -0.4 is 4.90 Å². The number of hydrogen-bond donors (Lipinski definition) is 1. The van der Waals surface area contributed by atoms with E-state index >= 15 is 0 Å². The van der Waals surface area contributed by atoms with Crippen molar-refractivity contribution in [2.75, 3.05) is 31.1 Å². The molecule has 0 aromatic heterocycles. The van der Waals surface area contributed by atoms with Gasteiger partial charge in [-0.1, -0.05) is 6.07 Å². The zero-order chi connectivity index (χ0) is 18.7. The molecule has 1 fully saturated rings. The van der Waals surface area contributed by atoms with Crippen molar-refractivity contribution in [3.8, 4) is 0 Å². The number of anilines is 1. The molecule has 0 bridgehead atoms. The number of nitrogens with zero attached hydrogens (tertiary/aromatic N) is 3. The van der Waals surface area contributed by atoms with E-state index in [1.807, 2.05) is 11.0 Å². The van der Waals surface area contributed by atoms with Gasteiger partial charge in [0.05, 0.1) is 16.0 Å². The van der Waals surface area contributed by atoms with Crippen molar-refractivity contribution in [3.05, 3.63) is 67.9 Å². The molecule has 6 nitrogen and oxygen atoms in total. The average Bonchev–Trinajstić information content (AvgIpc) is 2.65. The Morgan fingerprint density at radius 2 is 1.81 bits per heavy atom. The van der Waals surface area contributed by atoms with Crippen LogP contribution in [0.2, 0.25) is 0 Å². The lowest BCUT2D eigenvalue weighted by Crippen LogP contribution is -2.46. The van der Waals surface area contributed by atoms with Gasteiger partial charge in [0.2, 0.25) is 0 Å². The molecule has 138 valence electrons. The number of halogens is 2. The SMILES string of the molecule is O=[N+]([O-])c1ccc(CO)cc1N1CCN(Cc2ccc(Br)c(F)c2)CC1. The van der Waals surface area contributed by atoms with E-state index < -0.39 is 4.92 Å². The van der Waals surface area contributed by atoms with E-state index in [0.717, 1.165) is 18.7 Å². The predicted octanol–water partition coefficient (Wildman–Crippen LogP) is 3.31. The van der Waals surface area contributed by atoms with Gasteiger partial charge in [-0.3, -0.25) is 15.0 Å². The fourth-order valence-electron chi connectivity index (χ4n) is 3.12. The number of benzene rings is 2. The van der Waals surface area contributed by atoms with E-state index in [1.165, 1.54) is 12.1 Å². The fraction of sp³-hybridized carbons (Fsp3) is 0.333. The number of piperazine rings is 1. The van der Waals surface area contributed by atoms with Crippen molar-refractivity contribution >= 4 is 27.3 Å². The highest BCUT2D eigenvalue weighted by Crippen LogP contribution is 2.30. The second-order valence-corrected chi connectivity index (χ2v) is 7.10. The van der Waals surface area contributed by atoms with Gasteiger partial charge in [0.25, 0.3) is 5.69 Å². The quantitative estimate of drug-likeness (QED) is 0.589. The smallest absolute Gasteiger partial charge is 0.292 e. The van der Waals surface area contributed by atoms with Gasteiger partial charge in [-0.25, -0.2) is 4.39 Å². The molecule has 1 heterocycles. The van der Waals surface area contributed by atoms with Gasteiger partial charge >= 0.3 is 0 Å². The van der Waals surface area contributed by atoms with E-state index in [0.29, 0.717) is 35.4 Å². The minimum atomic E-state index is -0.395. The molecule has 0 aliphatic carbocycles. The molecular weight excluding hydrogens is 405 g/mol. The van der Waals surface area contributed by atoms with Crippen molar-refractivity contribution in [1.82, 2.24) is 4.90 Å². The molecule has 0 radical (unpaired) electrons. The predicted molar refractivity (Wildman–Crippen MR) is 101 cm³/mol. The number of rotatable bonds is 5. The van der Waals surface area contributed by atoms with Crippen LogP contribution in [0.4, 0.5) is 15.8 Å². The van der Waals surface area contributed by atoms with E-state index in [1.54, 1.807) is 18.2 Å². The van der Waals surface area contributed by atoms with Crippen LogP contribution in [0.25, 0.3) is 0 Å². The van der Waals surface area contributed by atoms with E-state index in [4.69, 9.17) is 0 Å². The van der Waals surface area contributed by atoms with Crippen molar-refractivity contribution in [3.63, 3.8) is 0 Å². The molecule has 1 N–H and O–H groups in total. The molecule has 0 spiro atoms. The molecule has 0 saturated carbocycles. The fourth-order valence-corrected chi connectivity index (χ4v) is 3.36. The summed E-state index contributed by atoms with van der Waals surface area (Å²) in [6.45, 7) is 3.19. The summed E-state index contributed by atoms with van der Waals surface area (Å²) in [6.07, 6.45) is 0. The third-order valence-corrected chi connectivity index (χ3v) is 5.17. The zero-order valence-corrected chi connectivity index (χ0v) is 15.7. The molecule has 3 rings (SSSR count). The number of aliphatic hydroxyl groups is 1. The maximum Gasteiger partial charge on any atom is 0.292 e. The first kappa shape index (κ1) is 18.8. The lowest BCUT2D eigenvalue weighted by Gasteiger charge is -2.36. The number of nitro groups is 1. The monoisotopic (exact) mass is 423 g/mol. The van der Waals surface area contributed by atoms with Crippen LogP contribution in [0.15, 0.2) is 40.9 Å². The highest BCUT2D eigenvalue weighted by Gasteiger charge is 2.24. The van der Waals surface area contributed by atoms with Gasteiger partial charge in [0, 0.05) is 38.8 Å². The zero-order valence-electron chi connectivity index (χ0n) is 14.1. The topological polar surface area (TPSA) is 69.8 Å². The van der Waals surface area contributed by atoms with Crippen LogP contribution >= 0.6 is 15.9 Å². The Labute approximate surface area is 159 Å². The summed E-state index contributed by atoms with van der Waals surface area (Å²) in [5.41, 5.74) is 2.13. The third-order valence-electron chi connectivity index (χ3n) is 4.52. The molecule has 0 amide bonds. The minimum absolute atomic E-state index is 0.0469. The summed E-state index contributed by atoms with van der Waals surface area (Å²) in [7, 11) is 0. The van der Waals surface area contributed by atoms with E-state index in [9.17, 15) is 19.6 Å². The first-order chi connectivity index (χ1) is 12.5. The molecule has 1 aliphatic heterocycles. The Kier molecular flexibility index (Phi) is 5.85. The number of aliphatic hydroxyl groups excluding tert-OH is 1. The highest BCUT2D eigenvalue weighted by atomic mass is 79.9. The number of hydrogen-bond acceptors (Lipinski definition) is 5. The minimum Gasteiger partial charge on any atom is -0.392 e. The lowest BCUT2D eigenvalue weighted by atomic mass is 10.1. The van der Waals surface area contributed by atoms with Gasteiger partial charge < -0.3 is 10.0 Å². The largest absolute Gasteiger partial charge is 0.392 e. The summed E-state index contributed by atoms with van der Waals surface area (Å²) in [4.78, 5) is 15.1. The number of nitro benzene ring substituents is 1. The second-order valence-electron chi connectivity index (χ2n) is 6.25. The molecule has 26 heavy (non-hydrogen) atoms.